The number of aliphatic carboxylic acids is 1. The van der Waals surface area contributed by atoms with E-state index in [1.54, 1.807) is 12.1 Å². The fourth-order valence-electron chi connectivity index (χ4n) is 3.03. The molecule has 1 aromatic rings. The largest absolute Gasteiger partial charge is 0.481 e. The number of nitrogens with one attached hydrogen (secondary N) is 1. The summed E-state index contributed by atoms with van der Waals surface area (Å²) in [5.74, 6) is -3.33. The molecule has 0 aromatic heterocycles. The van der Waals surface area contributed by atoms with Crippen LogP contribution in [0, 0.1) is 0 Å². The third kappa shape index (κ3) is 2.55. The average Bonchev–Trinajstić information content (AvgIpc) is 2.78. The van der Waals surface area contributed by atoms with Crippen LogP contribution in [0.15, 0.2) is 18.2 Å². The highest BCUT2D eigenvalue weighted by atomic mass is 16.4. The molecule has 24 heavy (non-hydrogen) atoms. The lowest BCUT2D eigenvalue weighted by molar-refractivity contribution is -0.137. The van der Waals surface area contributed by atoms with Gasteiger partial charge in [-0.25, -0.2) is 0 Å². The Morgan fingerprint density at radius 3 is 2.62 bits per heavy atom. The fraction of sp³-hybridized carbons (Fsp3) is 0.312. The first-order valence-electron chi connectivity index (χ1n) is 7.45. The van der Waals surface area contributed by atoms with Crippen LogP contribution in [-0.4, -0.2) is 45.6 Å². The van der Waals surface area contributed by atoms with Crippen LogP contribution >= 0.6 is 0 Å². The van der Waals surface area contributed by atoms with Crippen molar-refractivity contribution in [3.8, 4) is 0 Å². The molecule has 0 spiro atoms. The maximum Gasteiger partial charge on any atom is 0.303 e. The highest BCUT2D eigenvalue weighted by Crippen LogP contribution is 2.30. The van der Waals surface area contributed by atoms with E-state index in [-0.39, 0.29) is 36.8 Å². The van der Waals surface area contributed by atoms with Gasteiger partial charge in [0.05, 0.1) is 11.1 Å². The molecule has 4 amide bonds. The van der Waals surface area contributed by atoms with Crippen molar-refractivity contribution >= 4 is 29.6 Å². The lowest BCUT2D eigenvalue weighted by Gasteiger charge is -2.27. The van der Waals surface area contributed by atoms with Crippen LogP contribution in [0.2, 0.25) is 0 Å². The Hall–Kier alpha value is -3.03. The molecule has 0 bridgehead atoms. The van der Waals surface area contributed by atoms with E-state index in [1.807, 2.05) is 0 Å². The van der Waals surface area contributed by atoms with Crippen molar-refractivity contribution in [2.45, 2.75) is 31.7 Å². The number of carboxylic acids is 1. The maximum atomic E-state index is 12.7. The standard InChI is InChI=1S/C16H14N2O6/c19-11-6-5-10(14(22)17-11)18-15(23)9-3-1-2-8(4-7-12(20)21)13(9)16(18)24/h1-3,10H,4-7H2,(H,20,21)(H,17,19,22). The monoisotopic (exact) mass is 330 g/mol. The number of piperidine rings is 1. The van der Waals surface area contributed by atoms with Gasteiger partial charge in [0.15, 0.2) is 0 Å². The summed E-state index contributed by atoms with van der Waals surface area (Å²) in [5, 5.41) is 10.9. The smallest absolute Gasteiger partial charge is 0.303 e. The Balaban J connectivity index is 1.94. The molecule has 3 rings (SSSR count). The number of hydrogen-bond acceptors (Lipinski definition) is 5. The zero-order valence-corrected chi connectivity index (χ0v) is 12.6. The number of nitrogens with zero attached hydrogens (tertiary/aromatic N) is 1. The lowest BCUT2D eigenvalue weighted by Crippen LogP contribution is -2.54. The van der Waals surface area contributed by atoms with E-state index in [0.717, 1.165) is 4.90 Å². The van der Waals surface area contributed by atoms with Crippen molar-refractivity contribution in [2.75, 3.05) is 0 Å². The third-order valence-corrected chi connectivity index (χ3v) is 4.16. The van der Waals surface area contributed by atoms with Crippen molar-refractivity contribution in [1.29, 1.82) is 0 Å². The molecule has 0 radical (unpaired) electrons. The Bertz CT molecular complexity index is 785. The van der Waals surface area contributed by atoms with Crippen LogP contribution in [0.1, 0.15) is 45.5 Å². The molecule has 2 heterocycles. The topological polar surface area (TPSA) is 121 Å². The number of carbonyl (C=O) groups is 5. The molecule has 0 saturated carbocycles. The highest BCUT2D eigenvalue weighted by molar-refractivity contribution is 6.24. The van der Waals surface area contributed by atoms with Crippen molar-refractivity contribution < 1.29 is 29.1 Å². The zero-order valence-electron chi connectivity index (χ0n) is 12.6. The Labute approximate surface area is 136 Å². The van der Waals surface area contributed by atoms with E-state index in [1.165, 1.54) is 6.07 Å². The second-order valence-electron chi connectivity index (χ2n) is 5.68. The van der Waals surface area contributed by atoms with E-state index in [0.29, 0.717) is 5.56 Å². The van der Waals surface area contributed by atoms with Gasteiger partial charge in [-0.2, -0.15) is 0 Å². The summed E-state index contributed by atoms with van der Waals surface area (Å²) in [5.41, 5.74) is 0.768. The van der Waals surface area contributed by atoms with Crippen LogP contribution in [-0.2, 0) is 20.8 Å². The molecule has 124 valence electrons. The van der Waals surface area contributed by atoms with Gasteiger partial charge in [-0.1, -0.05) is 12.1 Å². The average molecular weight is 330 g/mol. The van der Waals surface area contributed by atoms with E-state index in [9.17, 15) is 24.0 Å². The molecule has 1 atom stereocenters. The normalized spacial score (nSPS) is 20.2. The number of imide groups is 2. The second-order valence-corrected chi connectivity index (χ2v) is 5.68. The minimum absolute atomic E-state index is 0.0513. The first-order valence-corrected chi connectivity index (χ1v) is 7.45. The number of carboxylic acid groups (broad SMARTS) is 1. The molecular formula is C16H14N2O6. The Kier molecular flexibility index (Phi) is 3.88. The molecule has 2 aliphatic heterocycles. The molecule has 8 nitrogen and oxygen atoms in total. The fourth-order valence-corrected chi connectivity index (χ4v) is 3.03. The Morgan fingerprint density at radius 2 is 1.96 bits per heavy atom. The summed E-state index contributed by atoms with van der Waals surface area (Å²) in [4.78, 5) is 60.1. The Morgan fingerprint density at radius 1 is 1.21 bits per heavy atom. The van der Waals surface area contributed by atoms with Gasteiger partial charge < -0.3 is 5.11 Å². The quantitative estimate of drug-likeness (QED) is 0.756. The molecule has 8 heteroatoms. The summed E-state index contributed by atoms with van der Waals surface area (Å²) in [6.07, 6.45) is 0.0767. The van der Waals surface area contributed by atoms with Gasteiger partial charge >= 0.3 is 5.97 Å². The van der Waals surface area contributed by atoms with Crippen LogP contribution in [0.4, 0.5) is 0 Å². The van der Waals surface area contributed by atoms with E-state index >= 15 is 0 Å². The second kappa shape index (κ2) is 5.88. The minimum atomic E-state index is -1.03. The van der Waals surface area contributed by atoms with Gasteiger partial charge in [-0.3, -0.25) is 34.2 Å². The van der Waals surface area contributed by atoms with Crippen LogP contribution in [0.5, 0.6) is 0 Å². The molecule has 2 aliphatic rings. The molecule has 1 saturated heterocycles. The number of benzene rings is 1. The van der Waals surface area contributed by atoms with Gasteiger partial charge in [0.1, 0.15) is 6.04 Å². The molecule has 1 fully saturated rings. The predicted molar refractivity (Wildman–Crippen MR) is 79.1 cm³/mol. The number of hydrogen-bond donors (Lipinski definition) is 2. The maximum absolute atomic E-state index is 12.7. The zero-order chi connectivity index (χ0) is 17.4. The number of amides is 4. The number of carbonyl (C=O) groups excluding carboxylic acids is 4. The summed E-state index contributed by atoms with van der Waals surface area (Å²) in [6, 6.07) is 3.63. The lowest BCUT2D eigenvalue weighted by atomic mass is 9.99. The van der Waals surface area contributed by atoms with Crippen LogP contribution < -0.4 is 5.32 Å². The summed E-state index contributed by atoms with van der Waals surface area (Å²) in [7, 11) is 0. The molecule has 1 aromatic carbocycles. The van der Waals surface area contributed by atoms with Crippen molar-refractivity contribution in [3.63, 3.8) is 0 Å². The predicted octanol–water partition coefficient (Wildman–Crippen LogP) is 0.105. The number of fused-ring (bicyclic) bond motifs is 1. The molecule has 1 unspecified atom stereocenters. The van der Waals surface area contributed by atoms with E-state index in [2.05, 4.69) is 5.32 Å². The van der Waals surface area contributed by atoms with E-state index in [4.69, 9.17) is 5.11 Å². The summed E-state index contributed by atoms with van der Waals surface area (Å²) in [6.45, 7) is 0. The molecule has 2 N–H and O–H groups in total. The van der Waals surface area contributed by atoms with Crippen molar-refractivity contribution in [2.24, 2.45) is 0 Å². The number of rotatable bonds is 4. The van der Waals surface area contributed by atoms with Crippen molar-refractivity contribution in [3.05, 3.63) is 34.9 Å². The highest BCUT2D eigenvalue weighted by Gasteiger charge is 2.45. The summed E-state index contributed by atoms with van der Waals surface area (Å²) < 4.78 is 0. The number of aryl methyl sites for hydroxylation is 1. The van der Waals surface area contributed by atoms with Gasteiger partial charge in [0, 0.05) is 12.8 Å². The van der Waals surface area contributed by atoms with Crippen LogP contribution in [0.25, 0.3) is 0 Å². The molecular weight excluding hydrogens is 316 g/mol. The van der Waals surface area contributed by atoms with Gasteiger partial charge in [0.25, 0.3) is 11.8 Å². The first-order chi connectivity index (χ1) is 11.4. The SMILES string of the molecule is O=C(O)CCc1cccc2c1C(=O)N(C1CCC(=O)NC1=O)C2=O. The minimum Gasteiger partial charge on any atom is -0.481 e. The first kappa shape index (κ1) is 15.9. The van der Waals surface area contributed by atoms with E-state index < -0.39 is 35.6 Å². The molecule has 0 aliphatic carbocycles. The van der Waals surface area contributed by atoms with Gasteiger partial charge in [-0.15, -0.1) is 0 Å². The van der Waals surface area contributed by atoms with Crippen molar-refractivity contribution in [1.82, 2.24) is 10.2 Å². The third-order valence-electron chi connectivity index (χ3n) is 4.16. The van der Waals surface area contributed by atoms with Crippen LogP contribution in [0.3, 0.4) is 0 Å². The van der Waals surface area contributed by atoms with Gasteiger partial charge in [-0.05, 0) is 24.5 Å². The summed E-state index contributed by atoms with van der Waals surface area (Å²) >= 11 is 0. The van der Waals surface area contributed by atoms with Gasteiger partial charge in [0.2, 0.25) is 11.8 Å².